The van der Waals surface area contributed by atoms with Gasteiger partial charge < -0.3 is 4.90 Å². The van der Waals surface area contributed by atoms with Crippen LogP contribution in [0.15, 0.2) is 0 Å². The summed E-state index contributed by atoms with van der Waals surface area (Å²) in [5.74, 6) is 0.386. The first-order valence-corrected chi connectivity index (χ1v) is 6.88. The molecule has 0 aromatic carbocycles. The Labute approximate surface area is 105 Å². The lowest BCUT2D eigenvalue weighted by atomic mass is 10.0. The number of carbonyl (C=O) groups is 2. The molecule has 1 saturated heterocycles. The molecule has 0 aromatic heterocycles. The normalized spacial score (nSPS) is 21.6. The average Bonchev–Trinajstić information content (AvgIpc) is 2.77. The molecule has 1 aliphatic heterocycles. The Kier molecular flexibility index (Phi) is 5.66. The van der Waals surface area contributed by atoms with Crippen LogP contribution < -0.4 is 0 Å². The molecule has 98 valence electrons. The molecule has 1 amide bonds. The summed E-state index contributed by atoms with van der Waals surface area (Å²) in [5, 5.41) is 0. The second-order valence-electron chi connectivity index (χ2n) is 5.20. The first-order chi connectivity index (χ1) is 8.07. The van der Waals surface area contributed by atoms with Crippen LogP contribution in [0.25, 0.3) is 0 Å². The summed E-state index contributed by atoms with van der Waals surface area (Å²) in [6.45, 7) is 6.52. The highest BCUT2D eigenvalue weighted by molar-refractivity contribution is 5.88. The second-order valence-corrected chi connectivity index (χ2v) is 5.20. The molecule has 1 aliphatic rings. The van der Waals surface area contributed by atoms with Crippen LogP contribution in [0.1, 0.15) is 59.3 Å². The Morgan fingerprint density at radius 3 is 2.65 bits per heavy atom. The lowest BCUT2D eigenvalue weighted by molar-refractivity contribution is -0.140. The van der Waals surface area contributed by atoms with Crippen molar-refractivity contribution >= 4 is 11.7 Å². The molecule has 2 atom stereocenters. The van der Waals surface area contributed by atoms with E-state index in [2.05, 4.69) is 6.92 Å². The molecule has 0 spiro atoms. The fraction of sp³-hybridized carbons (Fsp3) is 0.857. The van der Waals surface area contributed by atoms with Crippen molar-refractivity contribution in [3.8, 4) is 0 Å². The number of unbranched alkanes of at least 4 members (excludes halogenated alkanes) is 2. The van der Waals surface area contributed by atoms with Gasteiger partial charge in [0.2, 0.25) is 5.91 Å². The van der Waals surface area contributed by atoms with Gasteiger partial charge in [0.1, 0.15) is 0 Å². The molecule has 0 aromatic rings. The molecule has 0 radical (unpaired) electrons. The van der Waals surface area contributed by atoms with Crippen molar-refractivity contribution in [1.82, 2.24) is 4.90 Å². The number of ketones is 1. The Hall–Kier alpha value is -0.860. The quantitative estimate of drug-likeness (QED) is 0.668. The van der Waals surface area contributed by atoms with Crippen molar-refractivity contribution in [1.29, 1.82) is 0 Å². The third-order valence-corrected chi connectivity index (χ3v) is 3.67. The molecular formula is C14H25NO2. The Morgan fingerprint density at radius 1 is 1.35 bits per heavy atom. The molecule has 1 rings (SSSR count). The minimum atomic E-state index is -0.142. The molecule has 0 saturated carbocycles. The van der Waals surface area contributed by atoms with E-state index in [1.54, 1.807) is 11.8 Å². The molecule has 1 fully saturated rings. The maximum absolute atomic E-state index is 12.2. The average molecular weight is 239 g/mol. The highest BCUT2D eigenvalue weighted by atomic mass is 16.2. The second kappa shape index (κ2) is 6.77. The Balaban J connectivity index is 2.47. The Bertz CT molecular complexity index is 275. The fourth-order valence-electron chi connectivity index (χ4n) is 2.56. The summed E-state index contributed by atoms with van der Waals surface area (Å²) in [5.41, 5.74) is 0. The van der Waals surface area contributed by atoms with Crippen LogP contribution in [-0.4, -0.2) is 29.2 Å². The van der Waals surface area contributed by atoms with E-state index < -0.39 is 0 Å². The highest BCUT2D eigenvalue weighted by Gasteiger charge is 2.33. The van der Waals surface area contributed by atoms with Gasteiger partial charge in [0.15, 0.2) is 5.78 Å². The third-order valence-electron chi connectivity index (χ3n) is 3.67. The number of hydrogen-bond donors (Lipinski definition) is 0. The smallest absolute Gasteiger partial charge is 0.226 e. The zero-order valence-corrected chi connectivity index (χ0v) is 11.4. The molecule has 1 unspecified atom stereocenters. The van der Waals surface area contributed by atoms with Gasteiger partial charge in [-0.15, -0.1) is 0 Å². The first-order valence-electron chi connectivity index (χ1n) is 6.88. The van der Waals surface area contributed by atoms with Gasteiger partial charge in [-0.2, -0.15) is 0 Å². The van der Waals surface area contributed by atoms with Crippen molar-refractivity contribution in [2.24, 2.45) is 5.92 Å². The van der Waals surface area contributed by atoms with Gasteiger partial charge >= 0.3 is 0 Å². The van der Waals surface area contributed by atoms with Gasteiger partial charge in [-0.05, 0) is 26.2 Å². The van der Waals surface area contributed by atoms with E-state index >= 15 is 0 Å². The summed E-state index contributed by atoms with van der Waals surface area (Å²) in [4.78, 5) is 25.5. The van der Waals surface area contributed by atoms with E-state index in [4.69, 9.17) is 0 Å². The summed E-state index contributed by atoms with van der Waals surface area (Å²) < 4.78 is 0. The fourth-order valence-corrected chi connectivity index (χ4v) is 2.56. The lowest BCUT2D eigenvalue weighted by Gasteiger charge is -2.25. The lowest BCUT2D eigenvalue weighted by Crippen LogP contribution is -2.42. The Morgan fingerprint density at radius 2 is 2.06 bits per heavy atom. The number of likely N-dealkylation sites (tertiary alicyclic amines) is 1. The molecule has 17 heavy (non-hydrogen) atoms. The van der Waals surface area contributed by atoms with Crippen LogP contribution in [0.5, 0.6) is 0 Å². The standard InChI is InChI=1S/C14H25NO2/c1-4-5-6-8-11(2)14(17)15-10-7-9-13(15)12(3)16/h11,13H,4-10H2,1-3H3/t11-,13?/m0/s1. The van der Waals surface area contributed by atoms with E-state index in [9.17, 15) is 9.59 Å². The van der Waals surface area contributed by atoms with Crippen LogP contribution in [0.3, 0.4) is 0 Å². The monoisotopic (exact) mass is 239 g/mol. The maximum Gasteiger partial charge on any atom is 0.226 e. The van der Waals surface area contributed by atoms with Crippen molar-refractivity contribution in [2.75, 3.05) is 6.54 Å². The number of rotatable bonds is 6. The van der Waals surface area contributed by atoms with Gasteiger partial charge in [-0.3, -0.25) is 9.59 Å². The molecule has 0 aliphatic carbocycles. The third kappa shape index (κ3) is 3.83. The predicted octanol–water partition coefficient (Wildman–Crippen LogP) is 2.78. The van der Waals surface area contributed by atoms with Gasteiger partial charge in [0, 0.05) is 12.5 Å². The molecule has 0 bridgehead atoms. The van der Waals surface area contributed by atoms with Crippen molar-refractivity contribution < 1.29 is 9.59 Å². The molecule has 3 nitrogen and oxygen atoms in total. The first kappa shape index (κ1) is 14.2. The van der Waals surface area contributed by atoms with E-state index in [1.807, 2.05) is 6.92 Å². The van der Waals surface area contributed by atoms with Crippen molar-refractivity contribution in [3.63, 3.8) is 0 Å². The van der Waals surface area contributed by atoms with Crippen molar-refractivity contribution in [2.45, 2.75) is 65.3 Å². The summed E-state index contributed by atoms with van der Waals surface area (Å²) in [7, 11) is 0. The van der Waals surface area contributed by atoms with E-state index in [0.29, 0.717) is 0 Å². The topological polar surface area (TPSA) is 37.4 Å². The van der Waals surface area contributed by atoms with Crippen LogP contribution in [0.2, 0.25) is 0 Å². The van der Waals surface area contributed by atoms with Gasteiger partial charge in [-0.1, -0.05) is 33.1 Å². The van der Waals surface area contributed by atoms with Crippen molar-refractivity contribution in [3.05, 3.63) is 0 Å². The zero-order chi connectivity index (χ0) is 12.8. The molecule has 3 heteroatoms. The molecule has 0 N–H and O–H groups in total. The van der Waals surface area contributed by atoms with E-state index in [0.717, 1.165) is 32.2 Å². The molecule has 1 heterocycles. The van der Waals surface area contributed by atoms with E-state index in [1.165, 1.54) is 12.8 Å². The van der Waals surface area contributed by atoms with Crippen LogP contribution >= 0.6 is 0 Å². The predicted molar refractivity (Wildman–Crippen MR) is 68.7 cm³/mol. The summed E-state index contributed by atoms with van der Waals surface area (Å²) in [6.07, 6.45) is 6.25. The number of hydrogen-bond acceptors (Lipinski definition) is 2. The van der Waals surface area contributed by atoms with Gasteiger partial charge in [0.05, 0.1) is 6.04 Å². The number of carbonyl (C=O) groups excluding carboxylic acids is 2. The minimum absolute atomic E-state index is 0.0708. The minimum Gasteiger partial charge on any atom is -0.332 e. The summed E-state index contributed by atoms with van der Waals surface area (Å²) in [6, 6.07) is -0.142. The largest absolute Gasteiger partial charge is 0.332 e. The van der Waals surface area contributed by atoms with Gasteiger partial charge in [0.25, 0.3) is 0 Å². The SMILES string of the molecule is CCCCC[C@H](C)C(=O)N1CCCC1C(C)=O. The molecular weight excluding hydrogens is 214 g/mol. The summed E-state index contributed by atoms with van der Waals surface area (Å²) >= 11 is 0. The zero-order valence-electron chi connectivity index (χ0n) is 11.4. The van der Waals surface area contributed by atoms with E-state index in [-0.39, 0.29) is 23.7 Å². The van der Waals surface area contributed by atoms with Crippen LogP contribution in [-0.2, 0) is 9.59 Å². The number of nitrogens with zero attached hydrogens (tertiary/aromatic N) is 1. The number of amides is 1. The van der Waals surface area contributed by atoms with Crippen LogP contribution in [0.4, 0.5) is 0 Å². The number of Topliss-reactive ketones (excluding diaryl/α,β-unsaturated/α-hetero) is 1. The maximum atomic E-state index is 12.2. The van der Waals surface area contributed by atoms with Gasteiger partial charge in [-0.25, -0.2) is 0 Å². The van der Waals surface area contributed by atoms with Crippen LogP contribution in [0, 0.1) is 5.92 Å². The highest BCUT2D eigenvalue weighted by Crippen LogP contribution is 2.22.